The molecule has 0 amide bonds. The fraction of sp³-hybridized carbons (Fsp3) is 0.400. The SMILES string of the molecule is CC1(C)C(C=C2C(=O)C(C=C3N(CCP(=O)(O)O)c4ccc(SOO[O-])cc4[C@@]3(C)CCCCCC(=O)O)=C2[O-])=[N+](CCP(=O)(O)O)c2ccc(S(=O)(=O)[O-])cc21. The number of fused-ring (bicyclic) bond motifs is 2. The summed E-state index contributed by atoms with van der Waals surface area (Å²) in [5.74, 6) is -2.39. The van der Waals surface area contributed by atoms with Crippen molar-refractivity contribution in [2.75, 3.05) is 30.3 Å². The molecule has 57 heavy (non-hydrogen) atoms. The lowest BCUT2D eigenvalue weighted by atomic mass is 9.75. The number of aliphatic carboxylic acids is 1. The fourth-order valence-electron chi connectivity index (χ4n) is 7.48. The van der Waals surface area contributed by atoms with Gasteiger partial charge in [-0.15, -0.1) is 0 Å². The maximum atomic E-state index is 14.0. The standard InChI is InChI=1S/C35H42N2O16P2S2/c1-34(2)25-18-22(57(49,50)51)9-11-27(25)36(13-15-54(43,44)45)29(34)19-23-32(40)24(33(23)41)20-30-35(3,12-6-4-5-7-31(38)39)26-17-21(56-53-52-42)8-10-28(26)37(30)14-16-55(46,47)48/h8-11,17-20H,4-7,12-16H2,1-3H3,(H7-,38,39,40,41,42,43,44,45,46,47,48,49,50,51)/p-2/t35-/m1/s1. The molecule has 0 fully saturated rings. The molecule has 0 bridgehead atoms. The van der Waals surface area contributed by atoms with Crippen LogP contribution in [0.3, 0.4) is 0 Å². The number of rotatable bonds is 18. The third-order valence-electron chi connectivity index (χ3n) is 10.4. The topological polar surface area (TPSA) is 297 Å². The second kappa shape index (κ2) is 16.6. The molecule has 0 radical (unpaired) electrons. The van der Waals surface area contributed by atoms with E-state index in [2.05, 4.69) is 9.37 Å². The molecule has 3 aliphatic rings. The zero-order chi connectivity index (χ0) is 42.3. The van der Waals surface area contributed by atoms with Gasteiger partial charge in [-0.05, 0) is 75.6 Å². The summed E-state index contributed by atoms with van der Waals surface area (Å²) in [4.78, 5) is 65.6. The first-order valence-corrected chi connectivity index (χ1v) is 23.2. The van der Waals surface area contributed by atoms with Crippen LogP contribution < -0.4 is 15.3 Å². The summed E-state index contributed by atoms with van der Waals surface area (Å²) in [5, 5.41) is 37.2. The van der Waals surface area contributed by atoms with Crippen molar-refractivity contribution in [2.45, 2.75) is 73.5 Å². The molecule has 2 heterocycles. The minimum Gasteiger partial charge on any atom is -0.871 e. The molecule has 2 aliphatic heterocycles. The number of allylic oxidation sites excluding steroid dienone is 5. The summed E-state index contributed by atoms with van der Waals surface area (Å²) in [6.07, 6.45) is 3.00. The molecule has 310 valence electrons. The van der Waals surface area contributed by atoms with E-state index in [0.717, 1.165) is 12.1 Å². The van der Waals surface area contributed by atoms with Gasteiger partial charge >= 0.3 is 21.2 Å². The van der Waals surface area contributed by atoms with E-state index in [9.17, 15) is 61.6 Å². The van der Waals surface area contributed by atoms with Crippen molar-refractivity contribution >= 4 is 66.2 Å². The Kier molecular flexibility index (Phi) is 13.0. The Morgan fingerprint density at radius 1 is 0.982 bits per heavy atom. The number of hydrogen-bond donors (Lipinski definition) is 5. The molecule has 0 spiro atoms. The molecule has 2 aromatic rings. The molecule has 22 heteroatoms. The number of ketones is 1. The minimum atomic E-state index is -4.90. The zero-order valence-electron chi connectivity index (χ0n) is 30.8. The van der Waals surface area contributed by atoms with Gasteiger partial charge in [0, 0.05) is 63.5 Å². The molecule has 5 N–H and O–H groups in total. The molecule has 18 nitrogen and oxygen atoms in total. The number of Topliss-reactive ketones (excluding diaryl/α,β-unsaturated/α-hetero) is 1. The quantitative estimate of drug-likeness (QED) is 0.0210. The lowest BCUT2D eigenvalue weighted by molar-refractivity contribution is -0.777. The maximum Gasteiger partial charge on any atom is 0.331 e. The van der Waals surface area contributed by atoms with Gasteiger partial charge in [0.15, 0.2) is 18.0 Å². The van der Waals surface area contributed by atoms with E-state index in [1.54, 1.807) is 43.9 Å². The summed E-state index contributed by atoms with van der Waals surface area (Å²) in [6.45, 7) is 4.54. The van der Waals surface area contributed by atoms with E-state index in [1.807, 2.05) is 0 Å². The average Bonchev–Trinajstić information content (AvgIpc) is 3.47. The molecule has 1 atom stereocenters. The number of anilines is 1. The Morgan fingerprint density at radius 3 is 2.26 bits per heavy atom. The molecule has 0 aromatic heterocycles. The Labute approximate surface area is 332 Å². The van der Waals surface area contributed by atoms with Gasteiger partial charge in [0.2, 0.25) is 5.69 Å². The summed E-state index contributed by atoms with van der Waals surface area (Å²) < 4.78 is 65.6. The van der Waals surface area contributed by atoms with Crippen molar-refractivity contribution in [3.05, 3.63) is 82.3 Å². The van der Waals surface area contributed by atoms with Gasteiger partial charge in [-0.3, -0.25) is 23.8 Å². The Balaban J connectivity index is 1.63. The van der Waals surface area contributed by atoms with Gasteiger partial charge in [-0.1, -0.05) is 18.6 Å². The van der Waals surface area contributed by atoms with Crippen molar-refractivity contribution in [1.82, 2.24) is 0 Å². The lowest BCUT2D eigenvalue weighted by Crippen LogP contribution is -2.36. The summed E-state index contributed by atoms with van der Waals surface area (Å²) in [5.41, 5.74) is -0.478. The number of hydrogen-bond acceptors (Lipinski definition) is 13. The second-order valence-electron chi connectivity index (χ2n) is 14.6. The third-order valence-corrected chi connectivity index (χ3v) is 13.3. The van der Waals surface area contributed by atoms with Crippen LogP contribution in [0.1, 0.15) is 64.0 Å². The van der Waals surface area contributed by atoms with Crippen LogP contribution in [-0.4, -0.2) is 85.1 Å². The molecular weight excluding hydrogens is 830 g/mol. The molecule has 0 saturated heterocycles. The van der Waals surface area contributed by atoms with Crippen molar-refractivity contribution < 1.29 is 80.7 Å². The predicted octanol–water partition coefficient (Wildman–Crippen LogP) is 2.37. The first-order valence-electron chi connectivity index (χ1n) is 17.4. The van der Waals surface area contributed by atoms with Gasteiger partial charge in [0.25, 0.3) is 0 Å². The molecule has 0 unspecified atom stereocenters. The number of unbranched alkanes of at least 4 members (excludes halogenated alkanes) is 2. The number of nitrogens with zero attached hydrogens (tertiary/aromatic N) is 2. The Hall–Kier alpha value is -3.49. The first kappa shape index (κ1) is 44.6. The number of benzene rings is 2. The van der Waals surface area contributed by atoms with Gasteiger partial charge in [-0.25, -0.2) is 8.42 Å². The Bertz CT molecular complexity index is 2330. The summed E-state index contributed by atoms with van der Waals surface area (Å²) >= 11 is 0.612. The summed E-state index contributed by atoms with van der Waals surface area (Å²) in [6, 6.07) is 8.40. The second-order valence-corrected chi connectivity index (χ2v) is 20.3. The van der Waals surface area contributed by atoms with Crippen LogP contribution in [0.4, 0.5) is 11.4 Å². The molecular formula is C35H40N2O16P2S2-2. The highest BCUT2D eigenvalue weighted by Gasteiger charge is 2.48. The molecule has 1 aliphatic carbocycles. The monoisotopic (exact) mass is 870 g/mol. The Morgan fingerprint density at radius 2 is 1.67 bits per heavy atom. The van der Waals surface area contributed by atoms with Crippen LogP contribution in [0, 0.1) is 0 Å². The molecule has 2 aromatic carbocycles. The van der Waals surface area contributed by atoms with Crippen LogP contribution in [0.25, 0.3) is 0 Å². The van der Waals surface area contributed by atoms with Crippen molar-refractivity contribution in [3.8, 4) is 0 Å². The van der Waals surface area contributed by atoms with Gasteiger partial charge in [0.05, 0.1) is 28.5 Å². The third kappa shape index (κ3) is 9.70. The smallest absolute Gasteiger partial charge is 0.331 e. The lowest BCUT2D eigenvalue weighted by Gasteiger charge is -2.34. The van der Waals surface area contributed by atoms with Crippen LogP contribution >= 0.6 is 27.2 Å². The van der Waals surface area contributed by atoms with Gasteiger partial charge < -0.3 is 44.5 Å². The number of carboxylic acid groups (broad SMARTS) is 1. The maximum absolute atomic E-state index is 14.0. The van der Waals surface area contributed by atoms with E-state index in [-0.39, 0.29) is 36.4 Å². The van der Waals surface area contributed by atoms with Crippen LogP contribution in [0.15, 0.2) is 80.9 Å². The van der Waals surface area contributed by atoms with Crippen molar-refractivity contribution in [2.24, 2.45) is 0 Å². The molecule has 5 rings (SSSR count). The van der Waals surface area contributed by atoms with Crippen LogP contribution in [0.5, 0.6) is 0 Å². The highest BCUT2D eigenvalue weighted by molar-refractivity contribution is 7.94. The largest absolute Gasteiger partial charge is 0.871 e. The number of carboxylic acids is 1. The molecule has 0 saturated carbocycles. The fourth-order valence-corrected chi connectivity index (χ4v) is 9.29. The predicted molar refractivity (Wildman–Crippen MR) is 199 cm³/mol. The van der Waals surface area contributed by atoms with E-state index in [0.29, 0.717) is 70.8 Å². The first-order chi connectivity index (χ1) is 26.4. The summed E-state index contributed by atoms with van der Waals surface area (Å²) in [7, 11) is -14.0. The van der Waals surface area contributed by atoms with E-state index < -0.39 is 70.9 Å². The highest BCUT2D eigenvalue weighted by Crippen LogP contribution is 2.53. The minimum absolute atomic E-state index is 0.0652. The number of carbonyl (C=O) groups excluding carboxylic acids is 1. The van der Waals surface area contributed by atoms with Crippen molar-refractivity contribution in [3.63, 3.8) is 0 Å². The number of carbonyl (C=O) groups is 2. The van der Waals surface area contributed by atoms with Crippen LogP contribution in [-0.2, 0) is 49.0 Å². The van der Waals surface area contributed by atoms with Crippen LogP contribution in [0.2, 0.25) is 0 Å². The average molecular weight is 871 g/mol. The highest BCUT2D eigenvalue weighted by atomic mass is 32.2. The van der Waals surface area contributed by atoms with E-state index >= 15 is 0 Å². The normalized spacial score (nSPS) is 20.8. The zero-order valence-corrected chi connectivity index (χ0v) is 34.2. The van der Waals surface area contributed by atoms with Crippen molar-refractivity contribution in [1.29, 1.82) is 0 Å². The van der Waals surface area contributed by atoms with E-state index in [4.69, 9.17) is 5.11 Å². The van der Waals surface area contributed by atoms with Gasteiger partial charge in [-0.2, -0.15) is 8.91 Å². The van der Waals surface area contributed by atoms with Gasteiger partial charge in [0.1, 0.15) is 16.3 Å². The van der Waals surface area contributed by atoms with E-state index in [1.165, 1.54) is 22.8 Å².